The Balaban J connectivity index is 2.63. The molecular formula is C13H16BrN3. The van der Waals surface area contributed by atoms with Crippen molar-refractivity contribution in [1.82, 2.24) is 9.97 Å². The van der Waals surface area contributed by atoms with Crippen molar-refractivity contribution in [1.29, 1.82) is 0 Å². The normalized spacial score (nSPS) is 10.9. The lowest BCUT2D eigenvalue weighted by Gasteiger charge is -2.09. The molecule has 0 aliphatic heterocycles. The highest BCUT2D eigenvalue weighted by Crippen LogP contribution is 2.28. The molecule has 0 amide bonds. The number of hydrogen-bond acceptors (Lipinski definition) is 2. The molecular weight excluding hydrogens is 278 g/mol. The highest BCUT2D eigenvalue weighted by molar-refractivity contribution is 9.10. The molecule has 4 heteroatoms. The standard InChI is InChI=1S/C13H16BrN3/c1-7-4-9(3)10(5-8(7)2)12-11(6-15)16-13(14)17-12/h4-5H,6,15H2,1-3H3,(H,16,17). The molecule has 2 aromatic rings. The van der Waals surface area contributed by atoms with Crippen LogP contribution in [-0.2, 0) is 6.54 Å². The summed E-state index contributed by atoms with van der Waals surface area (Å²) in [5.41, 5.74) is 12.6. The first-order valence-corrected chi connectivity index (χ1v) is 6.35. The van der Waals surface area contributed by atoms with Crippen LogP contribution in [0.3, 0.4) is 0 Å². The second-order valence-corrected chi connectivity index (χ2v) is 5.06. The van der Waals surface area contributed by atoms with E-state index in [0.717, 1.165) is 21.7 Å². The van der Waals surface area contributed by atoms with Crippen LogP contribution in [-0.4, -0.2) is 9.97 Å². The molecule has 1 aromatic carbocycles. The van der Waals surface area contributed by atoms with E-state index in [4.69, 9.17) is 5.73 Å². The minimum absolute atomic E-state index is 0.459. The number of imidazole rings is 1. The van der Waals surface area contributed by atoms with Crippen molar-refractivity contribution in [3.05, 3.63) is 39.3 Å². The Kier molecular flexibility index (Phi) is 3.35. The largest absolute Gasteiger partial charge is 0.335 e. The first kappa shape index (κ1) is 12.3. The van der Waals surface area contributed by atoms with Crippen molar-refractivity contribution >= 4 is 15.9 Å². The van der Waals surface area contributed by atoms with E-state index in [9.17, 15) is 0 Å². The van der Waals surface area contributed by atoms with Crippen molar-refractivity contribution in [2.45, 2.75) is 27.3 Å². The van der Waals surface area contributed by atoms with Gasteiger partial charge in [-0.05, 0) is 59.5 Å². The lowest BCUT2D eigenvalue weighted by molar-refractivity contribution is 1.01. The lowest BCUT2D eigenvalue weighted by Crippen LogP contribution is -2.00. The molecule has 1 heterocycles. The van der Waals surface area contributed by atoms with E-state index in [0.29, 0.717) is 6.54 Å². The van der Waals surface area contributed by atoms with Gasteiger partial charge in [0.25, 0.3) is 0 Å². The van der Waals surface area contributed by atoms with E-state index in [1.165, 1.54) is 16.7 Å². The van der Waals surface area contributed by atoms with Crippen LogP contribution in [0.5, 0.6) is 0 Å². The van der Waals surface area contributed by atoms with Crippen LogP contribution in [0.4, 0.5) is 0 Å². The average Bonchev–Trinajstić information content (AvgIpc) is 2.64. The van der Waals surface area contributed by atoms with E-state index in [1.54, 1.807) is 0 Å². The van der Waals surface area contributed by atoms with Gasteiger partial charge in [-0.3, -0.25) is 0 Å². The third-order valence-corrected chi connectivity index (χ3v) is 3.43. The summed E-state index contributed by atoms with van der Waals surface area (Å²) in [7, 11) is 0. The number of rotatable bonds is 2. The number of aromatic amines is 1. The number of hydrogen-bond donors (Lipinski definition) is 2. The number of H-pyrrole nitrogens is 1. The summed E-state index contributed by atoms with van der Waals surface area (Å²) in [5.74, 6) is 0. The number of aryl methyl sites for hydroxylation is 3. The predicted octanol–water partition coefficient (Wildman–Crippen LogP) is 3.22. The fraction of sp³-hybridized carbons (Fsp3) is 0.308. The Bertz CT molecular complexity index is 558. The minimum atomic E-state index is 0.459. The van der Waals surface area contributed by atoms with Gasteiger partial charge in [-0.1, -0.05) is 6.07 Å². The Morgan fingerprint density at radius 2 is 1.82 bits per heavy atom. The molecule has 0 fully saturated rings. The van der Waals surface area contributed by atoms with Gasteiger partial charge in [0.15, 0.2) is 4.73 Å². The Labute approximate surface area is 110 Å². The monoisotopic (exact) mass is 293 g/mol. The Morgan fingerprint density at radius 1 is 1.18 bits per heavy atom. The fourth-order valence-corrected chi connectivity index (χ4v) is 2.38. The molecule has 0 unspecified atom stereocenters. The first-order chi connectivity index (χ1) is 8.02. The molecule has 90 valence electrons. The third kappa shape index (κ3) is 2.28. The highest BCUT2D eigenvalue weighted by atomic mass is 79.9. The minimum Gasteiger partial charge on any atom is -0.335 e. The zero-order chi connectivity index (χ0) is 12.6. The summed E-state index contributed by atoms with van der Waals surface area (Å²) in [6, 6.07) is 4.36. The quantitative estimate of drug-likeness (QED) is 0.893. The molecule has 0 saturated carbocycles. The van der Waals surface area contributed by atoms with Gasteiger partial charge in [0.05, 0.1) is 11.4 Å². The van der Waals surface area contributed by atoms with E-state index in [-0.39, 0.29) is 0 Å². The first-order valence-electron chi connectivity index (χ1n) is 5.55. The second-order valence-electron chi connectivity index (χ2n) is 4.31. The van der Waals surface area contributed by atoms with Gasteiger partial charge >= 0.3 is 0 Å². The summed E-state index contributed by atoms with van der Waals surface area (Å²) in [4.78, 5) is 7.60. The molecule has 2 rings (SSSR count). The van der Waals surface area contributed by atoms with Gasteiger partial charge in [0.1, 0.15) is 0 Å². The van der Waals surface area contributed by atoms with Crippen molar-refractivity contribution in [3.63, 3.8) is 0 Å². The van der Waals surface area contributed by atoms with E-state index >= 15 is 0 Å². The number of benzene rings is 1. The van der Waals surface area contributed by atoms with Gasteiger partial charge in [-0.2, -0.15) is 0 Å². The lowest BCUT2D eigenvalue weighted by atomic mass is 9.98. The van der Waals surface area contributed by atoms with Gasteiger partial charge < -0.3 is 10.7 Å². The average molecular weight is 294 g/mol. The molecule has 0 radical (unpaired) electrons. The molecule has 1 aromatic heterocycles. The maximum Gasteiger partial charge on any atom is 0.175 e. The van der Waals surface area contributed by atoms with Crippen LogP contribution in [0.1, 0.15) is 22.4 Å². The van der Waals surface area contributed by atoms with Crippen LogP contribution in [0.25, 0.3) is 11.3 Å². The zero-order valence-corrected chi connectivity index (χ0v) is 11.9. The molecule has 0 saturated heterocycles. The summed E-state index contributed by atoms with van der Waals surface area (Å²) >= 11 is 3.36. The van der Waals surface area contributed by atoms with E-state index < -0.39 is 0 Å². The molecule has 0 aliphatic carbocycles. The predicted molar refractivity (Wildman–Crippen MR) is 73.8 cm³/mol. The molecule has 3 N–H and O–H groups in total. The molecule has 3 nitrogen and oxygen atoms in total. The van der Waals surface area contributed by atoms with Crippen LogP contribution < -0.4 is 5.73 Å². The van der Waals surface area contributed by atoms with Crippen LogP contribution in [0.15, 0.2) is 16.9 Å². The topological polar surface area (TPSA) is 54.7 Å². The number of nitrogens with zero attached hydrogens (tertiary/aromatic N) is 1. The van der Waals surface area contributed by atoms with Crippen LogP contribution in [0.2, 0.25) is 0 Å². The summed E-state index contributed by atoms with van der Waals surface area (Å²) in [6.45, 7) is 6.80. The van der Waals surface area contributed by atoms with E-state index in [1.807, 2.05) is 0 Å². The highest BCUT2D eigenvalue weighted by Gasteiger charge is 2.13. The molecule has 0 bridgehead atoms. The molecule has 0 spiro atoms. The maximum absolute atomic E-state index is 5.73. The SMILES string of the molecule is Cc1cc(C)c(-c2nc(Br)[nH]c2CN)cc1C. The summed E-state index contributed by atoms with van der Waals surface area (Å²) in [5, 5.41) is 0. The Hall–Kier alpha value is -1.13. The second kappa shape index (κ2) is 4.63. The van der Waals surface area contributed by atoms with E-state index in [2.05, 4.69) is 58.8 Å². The Morgan fingerprint density at radius 3 is 2.47 bits per heavy atom. The summed E-state index contributed by atoms with van der Waals surface area (Å²) < 4.78 is 0.727. The van der Waals surface area contributed by atoms with Crippen LogP contribution in [0, 0.1) is 20.8 Å². The molecule has 0 atom stereocenters. The van der Waals surface area contributed by atoms with Gasteiger partial charge in [-0.15, -0.1) is 0 Å². The number of nitrogens with two attached hydrogens (primary N) is 1. The summed E-state index contributed by atoms with van der Waals surface area (Å²) in [6.07, 6.45) is 0. The van der Waals surface area contributed by atoms with Crippen molar-refractivity contribution in [3.8, 4) is 11.3 Å². The molecule has 17 heavy (non-hydrogen) atoms. The van der Waals surface area contributed by atoms with Gasteiger partial charge in [0.2, 0.25) is 0 Å². The number of halogens is 1. The third-order valence-electron chi connectivity index (χ3n) is 3.05. The van der Waals surface area contributed by atoms with Crippen molar-refractivity contribution in [2.24, 2.45) is 5.73 Å². The smallest absolute Gasteiger partial charge is 0.175 e. The number of aromatic nitrogens is 2. The van der Waals surface area contributed by atoms with Crippen molar-refractivity contribution in [2.75, 3.05) is 0 Å². The fourth-order valence-electron chi connectivity index (χ4n) is 1.96. The van der Waals surface area contributed by atoms with Gasteiger partial charge in [-0.25, -0.2) is 4.98 Å². The number of nitrogens with one attached hydrogen (secondary N) is 1. The zero-order valence-electron chi connectivity index (χ0n) is 10.3. The van der Waals surface area contributed by atoms with Crippen LogP contribution >= 0.6 is 15.9 Å². The van der Waals surface area contributed by atoms with Gasteiger partial charge in [0, 0.05) is 12.1 Å². The van der Waals surface area contributed by atoms with Crippen molar-refractivity contribution < 1.29 is 0 Å². The molecule has 0 aliphatic rings. The maximum atomic E-state index is 5.73.